The van der Waals surface area contributed by atoms with Crippen LogP contribution >= 0.6 is 0 Å². The van der Waals surface area contributed by atoms with Crippen molar-refractivity contribution < 1.29 is 44.8 Å². The molecule has 248 valence electrons. The maximum Gasteiger partial charge on any atom is 0.186 e. The van der Waals surface area contributed by atoms with Crippen molar-refractivity contribution in [2.75, 3.05) is 6.61 Å². The first-order valence-corrected chi connectivity index (χ1v) is 16.7. The summed E-state index contributed by atoms with van der Waals surface area (Å²) in [6.07, 6.45) is 3.77. The molecule has 2 aliphatic heterocycles. The highest BCUT2D eigenvalue weighted by molar-refractivity contribution is 5.48. The molecule has 2 heterocycles. The van der Waals surface area contributed by atoms with E-state index in [0.29, 0.717) is 25.2 Å². The van der Waals surface area contributed by atoms with Gasteiger partial charge >= 0.3 is 0 Å². The van der Waals surface area contributed by atoms with Crippen LogP contribution in [-0.2, 0) is 14.2 Å². The van der Waals surface area contributed by atoms with Gasteiger partial charge in [0.25, 0.3) is 0 Å². The quantitative estimate of drug-likeness (QED) is 0.178. The van der Waals surface area contributed by atoms with Crippen LogP contribution in [0.25, 0.3) is 0 Å². The van der Waals surface area contributed by atoms with Gasteiger partial charge in [0.15, 0.2) is 6.29 Å². The number of fused-ring (bicyclic) bond motifs is 5. The van der Waals surface area contributed by atoms with Crippen LogP contribution < -0.4 is 0 Å². The van der Waals surface area contributed by atoms with Gasteiger partial charge in [-0.1, -0.05) is 39.0 Å². The molecule has 15 atom stereocenters. The summed E-state index contributed by atoms with van der Waals surface area (Å²) in [7, 11) is 0. The highest BCUT2D eigenvalue weighted by atomic mass is 16.7. The Balaban J connectivity index is 1.17. The lowest BCUT2D eigenvalue weighted by molar-refractivity contribution is -0.315. The van der Waals surface area contributed by atoms with Gasteiger partial charge in [-0.3, -0.25) is 0 Å². The van der Waals surface area contributed by atoms with Gasteiger partial charge < -0.3 is 44.8 Å². The number of aliphatic hydroxyl groups excluding tert-OH is 6. The lowest BCUT2D eigenvalue weighted by Crippen LogP contribution is -2.60. The molecule has 2 saturated carbocycles. The molecule has 4 fully saturated rings. The van der Waals surface area contributed by atoms with Gasteiger partial charge in [0.2, 0.25) is 0 Å². The Morgan fingerprint density at radius 2 is 1.77 bits per heavy atom. The van der Waals surface area contributed by atoms with Crippen LogP contribution in [-0.4, -0.2) is 97.5 Å². The number of aliphatic hydroxyl groups is 6. The van der Waals surface area contributed by atoms with E-state index in [9.17, 15) is 30.6 Å². The summed E-state index contributed by atoms with van der Waals surface area (Å²) in [6.45, 7) is 14.6. The monoisotopic (exact) mass is 618 g/mol. The van der Waals surface area contributed by atoms with Crippen LogP contribution in [0.1, 0.15) is 79.6 Å². The normalized spacial score (nSPS) is 51.8. The van der Waals surface area contributed by atoms with Crippen LogP contribution in [0.5, 0.6) is 0 Å². The highest BCUT2D eigenvalue weighted by Crippen LogP contribution is 2.65. The number of hydrogen-bond donors (Lipinski definition) is 6. The summed E-state index contributed by atoms with van der Waals surface area (Å²) in [5.74, 6) is 0.505. The average Bonchev–Trinajstić information content (AvgIpc) is 3.42. The Kier molecular flexibility index (Phi) is 8.37. The van der Waals surface area contributed by atoms with Gasteiger partial charge in [-0.2, -0.15) is 0 Å². The molecule has 4 aliphatic carbocycles. The van der Waals surface area contributed by atoms with Crippen LogP contribution in [0, 0.1) is 34.5 Å². The zero-order chi connectivity index (χ0) is 32.0. The minimum Gasteiger partial charge on any atom is -0.394 e. The zero-order valence-electron chi connectivity index (χ0n) is 26.9. The van der Waals surface area contributed by atoms with E-state index < -0.39 is 49.5 Å². The Morgan fingerprint density at radius 1 is 1.07 bits per heavy atom. The Morgan fingerprint density at radius 3 is 2.41 bits per heavy atom. The maximum atomic E-state index is 11.6. The predicted octanol–water partition coefficient (Wildman–Crippen LogP) is 2.76. The fraction of sp³-hybridized carbons (Fsp3) is 0.829. The van der Waals surface area contributed by atoms with Gasteiger partial charge in [0.05, 0.1) is 30.5 Å². The molecule has 0 aromatic heterocycles. The predicted molar refractivity (Wildman–Crippen MR) is 163 cm³/mol. The van der Waals surface area contributed by atoms with E-state index in [1.807, 2.05) is 12.2 Å². The molecule has 0 amide bonds. The fourth-order valence-corrected chi connectivity index (χ4v) is 10.3. The fourth-order valence-electron chi connectivity index (χ4n) is 10.3. The van der Waals surface area contributed by atoms with Crippen molar-refractivity contribution in [2.24, 2.45) is 34.5 Å². The lowest BCUT2D eigenvalue weighted by atomic mass is 9.51. The second-order valence-corrected chi connectivity index (χ2v) is 15.8. The summed E-state index contributed by atoms with van der Waals surface area (Å²) < 4.78 is 17.8. The molecule has 15 unspecified atom stereocenters. The van der Waals surface area contributed by atoms with E-state index in [4.69, 9.17) is 14.2 Å². The van der Waals surface area contributed by atoms with Crippen molar-refractivity contribution in [1.29, 1.82) is 0 Å². The van der Waals surface area contributed by atoms with Gasteiger partial charge in [-0.15, -0.1) is 6.58 Å². The molecule has 9 heteroatoms. The van der Waals surface area contributed by atoms with Crippen LogP contribution in [0.15, 0.2) is 36.0 Å². The van der Waals surface area contributed by atoms with Crippen LogP contribution in [0.2, 0.25) is 0 Å². The van der Waals surface area contributed by atoms with Crippen molar-refractivity contribution in [3.8, 4) is 0 Å². The van der Waals surface area contributed by atoms with Gasteiger partial charge in [0, 0.05) is 5.92 Å². The van der Waals surface area contributed by atoms with Gasteiger partial charge in [0.1, 0.15) is 30.0 Å². The maximum absolute atomic E-state index is 11.6. The first-order chi connectivity index (χ1) is 20.6. The molecule has 2 saturated heterocycles. The molecule has 0 bridgehead atoms. The smallest absolute Gasteiger partial charge is 0.186 e. The van der Waals surface area contributed by atoms with Crippen molar-refractivity contribution in [3.05, 3.63) is 36.0 Å². The second-order valence-electron chi connectivity index (χ2n) is 15.8. The summed E-state index contributed by atoms with van der Waals surface area (Å²) in [6, 6.07) is 0. The molecular formula is C35H54O9. The summed E-state index contributed by atoms with van der Waals surface area (Å²) in [4.78, 5) is 0. The number of hydrogen-bond acceptors (Lipinski definition) is 9. The standard InChI is InChI=1S/C35H54O9/c1-7-35(32(3,4)44-35)13-8-18(2)27-25(38)16-22-20-15-24(37)23-14-19(9-11-33(23,5)21(20)10-12-34(22,27)6)42-31-30(41)29(40)28(39)26(17-36)43-31/h7,10,15,18-19,22-31,36-41H,1,8-9,11-14,16-17H2,2-6H3. The molecule has 6 rings (SSSR count). The molecular weight excluding hydrogens is 564 g/mol. The van der Waals surface area contributed by atoms with E-state index in [1.165, 1.54) is 11.1 Å². The number of allylic oxidation sites excluding steroid dienone is 3. The van der Waals surface area contributed by atoms with Crippen molar-refractivity contribution >= 4 is 0 Å². The van der Waals surface area contributed by atoms with Crippen molar-refractivity contribution in [2.45, 2.75) is 140 Å². The Bertz CT molecular complexity index is 1180. The first kappa shape index (κ1) is 32.8. The molecule has 0 aromatic rings. The summed E-state index contributed by atoms with van der Waals surface area (Å²) in [5.41, 5.74) is 1.64. The number of rotatable bonds is 8. The molecule has 44 heavy (non-hydrogen) atoms. The molecule has 0 aromatic carbocycles. The van der Waals surface area contributed by atoms with Gasteiger partial charge in [-0.25, -0.2) is 0 Å². The number of epoxide rings is 1. The third-order valence-corrected chi connectivity index (χ3v) is 13.1. The minimum absolute atomic E-state index is 0.108. The molecule has 6 aliphatic rings. The van der Waals surface area contributed by atoms with Gasteiger partial charge in [-0.05, 0) is 98.5 Å². The molecule has 0 radical (unpaired) electrons. The van der Waals surface area contributed by atoms with Crippen LogP contribution in [0.4, 0.5) is 0 Å². The molecule has 6 N–H and O–H groups in total. The minimum atomic E-state index is -1.49. The van der Waals surface area contributed by atoms with E-state index in [0.717, 1.165) is 25.7 Å². The van der Waals surface area contributed by atoms with E-state index >= 15 is 0 Å². The molecule has 0 spiro atoms. The first-order valence-electron chi connectivity index (χ1n) is 16.7. The van der Waals surface area contributed by atoms with Crippen LogP contribution in [0.3, 0.4) is 0 Å². The summed E-state index contributed by atoms with van der Waals surface area (Å²) >= 11 is 0. The number of ether oxygens (including phenoxy) is 3. The van der Waals surface area contributed by atoms with E-state index in [1.54, 1.807) is 0 Å². The van der Waals surface area contributed by atoms with E-state index in [-0.39, 0.29) is 45.9 Å². The largest absolute Gasteiger partial charge is 0.394 e. The van der Waals surface area contributed by atoms with Crippen molar-refractivity contribution in [1.82, 2.24) is 0 Å². The van der Waals surface area contributed by atoms with E-state index in [2.05, 4.69) is 47.3 Å². The Hall–Kier alpha value is -1.14. The summed E-state index contributed by atoms with van der Waals surface area (Å²) in [5, 5.41) is 63.5. The third-order valence-electron chi connectivity index (χ3n) is 13.1. The third kappa shape index (κ3) is 4.92. The average molecular weight is 619 g/mol. The second kappa shape index (κ2) is 11.2. The zero-order valence-corrected chi connectivity index (χ0v) is 26.9. The molecule has 9 nitrogen and oxygen atoms in total. The Labute approximate surface area is 261 Å². The lowest BCUT2D eigenvalue weighted by Gasteiger charge is -2.55. The highest BCUT2D eigenvalue weighted by Gasteiger charge is 2.63. The topological polar surface area (TPSA) is 152 Å². The van der Waals surface area contributed by atoms with Crippen molar-refractivity contribution in [3.63, 3.8) is 0 Å². The SMILES string of the molecule is C=CC1(CCC(C)C2C(O)CC3C4=CC(O)C5CC(OC6OC(CO)C(O)C(O)C6O)CCC5(C)C4=CCC32C)OC1(C)C.